The van der Waals surface area contributed by atoms with E-state index in [-0.39, 0.29) is 17.1 Å². The Labute approximate surface area is 153 Å². The molecule has 5 heteroatoms. The molecule has 0 aliphatic heterocycles. The van der Waals surface area contributed by atoms with Gasteiger partial charge in [-0.25, -0.2) is 4.79 Å². The highest BCUT2D eigenvalue weighted by Gasteiger charge is 2.25. The largest absolute Gasteiger partial charge is 0.493 e. The number of methoxy groups -OCH3 is 2. The lowest BCUT2D eigenvalue weighted by Crippen LogP contribution is -2.25. The normalized spacial score (nSPS) is 11.6. The fraction of sp³-hybridized carbons (Fsp3) is 0.333. The number of aryl methyl sites for hydroxylation is 3. The van der Waals surface area contributed by atoms with E-state index in [1.165, 1.54) is 14.2 Å². The summed E-state index contributed by atoms with van der Waals surface area (Å²) in [5.74, 6) is -0.170. The number of rotatable bonds is 6. The molecule has 138 valence electrons. The third-order valence-electron chi connectivity index (χ3n) is 4.38. The van der Waals surface area contributed by atoms with E-state index in [1.54, 1.807) is 25.1 Å². The Kier molecular flexibility index (Phi) is 6.03. The van der Waals surface area contributed by atoms with Crippen molar-refractivity contribution in [1.82, 2.24) is 0 Å². The molecule has 0 spiro atoms. The number of para-hydroxylation sites is 1. The minimum absolute atomic E-state index is 0.211. The van der Waals surface area contributed by atoms with Gasteiger partial charge >= 0.3 is 5.97 Å². The molecule has 0 saturated heterocycles. The molecule has 0 fully saturated rings. The Hall–Kier alpha value is -2.82. The Balaban J connectivity index is 2.25. The summed E-state index contributed by atoms with van der Waals surface area (Å²) in [7, 11) is 2.93. The second-order valence-electron chi connectivity index (χ2n) is 6.20. The first-order chi connectivity index (χ1) is 12.3. The molecule has 2 aromatic carbocycles. The lowest BCUT2D eigenvalue weighted by molar-refractivity contribution is 0.0315. The van der Waals surface area contributed by atoms with Crippen molar-refractivity contribution in [2.24, 2.45) is 0 Å². The molecule has 1 unspecified atom stereocenters. The van der Waals surface area contributed by atoms with Gasteiger partial charge in [0, 0.05) is 5.56 Å². The smallest absolute Gasteiger partial charge is 0.342 e. The van der Waals surface area contributed by atoms with Crippen LogP contribution < -0.4 is 9.47 Å². The predicted molar refractivity (Wildman–Crippen MR) is 99.4 cm³/mol. The van der Waals surface area contributed by atoms with E-state index in [9.17, 15) is 9.59 Å². The summed E-state index contributed by atoms with van der Waals surface area (Å²) in [4.78, 5) is 25.3. The third kappa shape index (κ3) is 3.87. The number of esters is 1. The van der Waals surface area contributed by atoms with Crippen LogP contribution >= 0.6 is 0 Å². The number of carbonyl (C=O) groups excluding carboxylic acids is 2. The highest BCUT2D eigenvalue weighted by Crippen LogP contribution is 2.31. The lowest BCUT2D eigenvalue weighted by Gasteiger charge is -2.17. The Bertz CT molecular complexity index is 839. The lowest BCUT2D eigenvalue weighted by atomic mass is 9.96. The minimum atomic E-state index is -0.917. The van der Waals surface area contributed by atoms with Crippen LogP contribution in [0.1, 0.15) is 44.3 Å². The fourth-order valence-corrected chi connectivity index (χ4v) is 2.77. The first-order valence-electron chi connectivity index (χ1n) is 8.34. The molecule has 0 amide bonds. The van der Waals surface area contributed by atoms with Gasteiger partial charge in [0.15, 0.2) is 17.6 Å². The molecule has 0 aliphatic carbocycles. The summed E-state index contributed by atoms with van der Waals surface area (Å²) >= 11 is 0. The van der Waals surface area contributed by atoms with E-state index in [2.05, 4.69) is 0 Å². The second kappa shape index (κ2) is 8.04. The number of benzene rings is 2. The van der Waals surface area contributed by atoms with Crippen LogP contribution in [0.15, 0.2) is 30.3 Å². The van der Waals surface area contributed by atoms with Gasteiger partial charge in [-0.1, -0.05) is 12.1 Å². The van der Waals surface area contributed by atoms with E-state index < -0.39 is 12.1 Å². The molecule has 5 nitrogen and oxygen atoms in total. The maximum atomic E-state index is 12.7. The quantitative estimate of drug-likeness (QED) is 0.577. The van der Waals surface area contributed by atoms with Crippen LogP contribution in [-0.4, -0.2) is 32.1 Å². The summed E-state index contributed by atoms with van der Waals surface area (Å²) < 4.78 is 15.8. The van der Waals surface area contributed by atoms with Crippen molar-refractivity contribution in [3.8, 4) is 11.5 Å². The van der Waals surface area contributed by atoms with Gasteiger partial charge in [-0.05, 0) is 62.6 Å². The highest BCUT2D eigenvalue weighted by molar-refractivity contribution is 6.03. The molecule has 0 aromatic heterocycles. The van der Waals surface area contributed by atoms with Crippen LogP contribution in [0.25, 0.3) is 0 Å². The minimum Gasteiger partial charge on any atom is -0.493 e. The van der Waals surface area contributed by atoms with Crippen LogP contribution in [-0.2, 0) is 4.74 Å². The number of ether oxygens (including phenoxy) is 3. The maximum absolute atomic E-state index is 12.7. The van der Waals surface area contributed by atoms with Gasteiger partial charge in [-0.15, -0.1) is 0 Å². The molecular formula is C21H24O5. The van der Waals surface area contributed by atoms with Gasteiger partial charge in [0.1, 0.15) is 5.56 Å². The second-order valence-corrected chi connectivity index (χ2v) is 6.20. The van der Waals surface area contributed by atoms with E-state index in [0.29, 0.717) is 11.3 Å². The fourth-order valence-electron chi connectivity index (χ4n) is 2.77. The van der Waals surface area contributed by atoms with Gasteiger partial charge in [0.2, 0.25) is 5.78 Å². The zero-order valence-electron chi connectivity index (χ0n) is 16.0. The molecule has 0 bridgehead atoms. The van der Waals surface area contributed by atoms with Gasteiger partial charge in [-0.2, -0.15) is 0 Å². The summed E-state index contributed by atoms with van der Waals surface area (Å²) in [5, 5.41) is 0. The number of hydrogen-bond acceptors (Lipinski definition) is 5. The number of carbonyl (C=O) groups is 2. The average Bonchev–Trinajstić information content (AvgIpc) is 2.63. The summed E-state index contributed by atoms with van der Waals surface area (Å²) in [6.45, 7) is 7.39. The highest BCUT2D eigenvalue weighted by atomic mass is 16.6. The van der Waals surface area contributed by atoms with Crippen LogP contribution in [0.4, 0.5) is 0 Å². The molecule has 0 aliphatic rings. The number of Topliss-reactive ketones (excluding diaryl/α,β-unsaturated/α-hetero) is 1. The van der Waals surface area contributed by atoms with Gasteiger partial charge < -0.3 is 14.2 Å². The van der Waals surface area contributed by atoms with Crippen molar-refractivity contribution in [2.75, 3.05) is 14.2 Å². The molecule has 2 aromatic rings. The van der Waals surface area contributed by atoms with Gasteiger partial charge in [-0.3, -0.25) is 4.79 Å². The van der Waals surface area contributed by atoms with E-state index >= 15 is 0 Å². The predicted octanol–water partition coefficient (Wildman–Crippen LogP) is 4.06. The van der Waals surface area contributed by atoms with E-state index in [4.69, 9.17) is 14.2 Å². The molecule has 0 radical (unpaired) electrons. The van der Waals surface area contributed by atoms with Crippen LogP contribution in [0.3, 0.4) is 0 Å². The Morgan fingerprint density at radius 1 is 0.885 bits per heavy atom. The average molecular weight is 356 g/mol. The zero-order chi connectivity index (χ0) is 19.4. The molecule has 2 rings (SSSR count). The van der Waals surface area contributed by atoms with Crippen LogP contribution in [0, 0.1) is 20.8 Å². The monoisotopic (exact) mass is 356 g/mol. The molecule has 0 heterocycles. The topological polar surface area (TPSA) is 61.8 Å². The van der Waals surface area contributed by atoms with Crippen molar-refractivity contribution in [2.45, 2.75) is 33.8 Å². The van der Waals surface area contributed by atoms with Crippen molar-refractivity contribution in [3.05, 3.63) is 58.1 Å². The summed E-state index contributed by atoms with van der Waals surface area (Å²) in [6.07, 6.45) is -0.917. The van der Waals surface area contributed by atoms with E-state index in [0.717, 1.165) is 16.7 Å². The zero-order valence-corrected chi connectivity index (χ0v) is 16.0. The van der Waals surface area contributed by atoms with Crippen molar-refractivity contribution in [1.29, 1.82) is 0 Å². The molecule has 0 N–H and O–H groups in total. The molecule has 0 saturated carbocycles. The first kappa shape index (κ1) is 19.5. The number of hydrogen-bond donors (Lipinski definition) is 0. The Morgan fingerprint density at radius 3 is 2.15 bits per heavy atom. The SMILES string of the molecule is COc1cccc(C(=O)OC(C)C(=O)c2cc(C)c(C)cc2C)c1OC. The third-order valence-corrected chi connectivity index (χ3v) is 4.38. The summed E-state index contributed by atoms with van der Waals surface area (Å²) in [5.41, 5.74) is 3.77. The van der Waals surface area contributed by atoms with Crippen molar-refractivity contribution >= 4 is 11.8 Å². The van der Waals surface area contributed by atoms with Gasteiger partial charge in [0.05, 0.1) is 14.2 Å². The van der Waals surface area contributed by atoms with Crippen molar-refractivity contribution < 1.29 is 23.8 Å². The van der Waals surface area contributed by atoms with Crippen LogP contribution in [0.2, 0.25) is 0 Å². The van der Waals surface area contributed by atoms with Gasteiger partial charge in [0.25, 0.3) is 0 Å². The summed E-state index contributed by atoms with van der Waals surface area (Å²) in [6, 6.07) is 8.72. The van der Waals surface area contributed by atoms with Crippen molar-refractivity contribution in [3.63, 3.8) is 0 Å². The standard InChI is InChI=1S/C21H24O5/c1-12-10-14(3)17(11-13(12)2)19(22)15(4)26-21(23)16-8-7-9-18(24-5)20(16)25-6/h7-11,15H,1-6H3. The Morgan fingerprint density at radius 2 is 1.54 bits per heavy atom. The molecule has 26 heavy (non-hydrogen) atoms. The molecule has 1 atom stereocenters. The molecular weight excluding hydrogens is 332 g/mol. The van der Waals surface area contributed by atoms with Crippen LogP contribution in [0.5, 0.6) is 11.5 Å². The van der Waals surface area contributed by atoms with E-state index in [1.807, 2.05) is 32.9 Å². The maximum Gasteiger partial charge on any atom is 0.342 e. The number of ketones is 1. The first-order valence-corrected chi connectivity index (χ1v) is 8.34.